The van der Waals surface area contributed by atoms with E-state index in [9.17, 15) is 13.0 Å². The lowest BCUT2D eigenvalue weighted by Gasteiger charge is -2.09. The first kappa shape index (κ1) is 14.0. The molecule has 0 bridgehead atoms. The first-order valence-corrected chi connectivity index (χ1v) is 7.24. The second kappa shape index (κ2) is 6.61. The van der Waals surface area contributed by atoms with Crippen molar-refractivity contribution in [2.24, 2.45) is 0 Å². The van der Waals surface area contributed by atoms with Gasteiger partial charge in [0.15, 0.2) is 0 Å². The van der Waals surface area contributed by atoms with E-state index < -0.39 is 15.9 Å². The topological polar surface area (TPSA) is 66.4 Å². The molecular formula is C12H17O4S-. The normalized spacial score (nSPS) is 11.4. The van der Waals surface area contributed by atoms with E-state index in [0.717, 1.165) is 19.3 Å². The van der Waals surface area contributed by atoms with Crippen molar-refractivity contribution >= 4 is 10.1 Å². The summed E-state index contributed by atoms with van der Waals surface area (Å²) in [4.78, 5) is 0. The van der Waals surface area contributed by atoms with Gasteiger partial charge < -0.3 is 9.29 Å². The molecule has 4 nitrogen and oxygen atoms in total. The van der Waals surface area contributed by atoms with Crippen LogP contribution in [0.2, 0.25) is 0 Å². The van der Waals surface area contributed by atoms with Gasteiger partial charge in [-0.25, -0.2) is 8.42 Å². The first-order chi connectivity index (χ1) is 8.01. The summed E-state index contributed by atoms with van der Waals surface area (Å²) >= 11 is 0. The standard InChI is InChI=1S/C12H18O4S/c1-2-3-4-11-5-7-12(8-6-11)16-9-10-17(13,14)15/h5-8H,2-4,9-10H2,1H3,(H,13,14,15)/p-1. The summed E-state index contributed by atoms with van der Waals surface area (Å²) in [7, 11) is -4.19. The summed E-state index contributed by atoms with van der Waals surface area (Å²) in [5, 5.41) is 0. The van der Waals surface area contributed by atoms with E-state index in [1.165, 1.54) is 5.56 Å². The monoisotopic (exact) mass is 257 g/mol. The number of hydrogen-bond acceptors (Lipinski definition) is 4. The van der Waals surface area contributed by atoms with E-state index in [4.69, 9.17) is 4.74 Å². The average Bonchev–Trinajstić information content (AvgIpc) is 2.26. The van der Waals surface area contributed by atoms with Gasteiger partial charge in [0.2, 0.25) is 0 Å². The van der Waals surface area contributed by atoms with Crippen molar-refractivity contribution in [3.05, 3.63) is 29.8 Å². The summed E-state index contributed by atoms with van der Waals surface area (Å²) in [5.41, 5.74) is 1.23. The molecule has 1 aromatic rings. The van der Waals surface area contributed by atoms with Gasteiger partial charge >= 0.3 is 0 Å². The second-order valence-corrected chi connectivity index (χ2v) is 5.38. The van der Waals surface area contributed by atoms with E-state index >= 15 is 0 Å². The summed E-state index contributed by atoms with van der Waals surface area (Å²) in [5.74, 6) is 0.0961. The number of rotatable bonds is 7. The largest absolute Gasteiger partial charge is 0.748 e. The Kier molecular flexibility index (Phi) is 5.44. The quantitative estimate of drug-likeness (QED) is 0.700. The van der Waals surface area contributed by atoms with Crippen molar-refractivity contribution in [2.45, 2.75) is 26.2 Å². The molecule has 1 rings (SSSR count). The van der Waals surface area contributed by atoms with Crippen molar-refractivity contribution < 1.29 is 17.7 Å². The first-order valence-electron chi connectivity index (χ1n) is 5.66. The third-order valence-electron chi connectivity index (χ3n) is 2.34. The Hall–Kier alpha value is -1.07. The van der Waals surface area contributed by atoms with Crippen LogP contribution in [0, 0.1) is 0 Å². The number of hydrogen-bond donors (Lipinski definition) is 0. The fraction of sp³-hybridized carbons (Fsp3) is 0.500. The van der Waals surface area contributed by atoms with Crippen molar-refractivity contribution in [3.8, 4) is 5.75 Å². The molecule has 0 unspecified atom stereocenters. The minimum absolute atomic E-state index is 0.0971. The van der Waals surface area contributed by atoms with Gasteiger partial charge in [-0.2, -0.15) is 0 Å². The second-order valence-electron chi connectivity index (χ2n) is 3.86. The highest BCUT2D eigenvalue weighted by molar-refractivity contribution is 7.85. The molecule has 0 radical (unpaired) electrons. The zero-order valence-corrected chi connectivity index (χ0v) is 10.7. The van der Waals surface area contributed by atoms with Crippen molar-refractivity contribution in [2.75, 3.05) is 12.4 Å². The molecule has 0 aliphatic heterocycles. The highest BCUT2D eigenvalue weighted by Gasteiger charge is 1.98. The fourth-order valence-corrected chi connectivity index (χ4v) is 1.68. The van der Waals surface area contributed by atoms with Crippen LogP contribution in [0.5, 0.6) is 5.75 Å². The third kappa shape index (κ3) is 6.28. The van der Waals surface area contributed by atoms with Crippen LogP contribution in [0.25, 0.3) is 0 Å². The molecule has 96 valence electrons. The molecule has 5 heteroatoms. The van der Waals surface area contributed by atoms with E-state index in [-0.39, 0.29) is 6.61 Å². The lowest BCUT2D eigenvalue weighted by atomic mass is 10.1. The Bertz CT molecular complexity index is 422. The van der Waals surface area contributed by atoms with Gasteiger partial charge in [0.05, 0.1) is 15.9 Å². The van der Waals surface area contributed by atoms with Crippen LogP contribution in [-0.4, -0.2) is 25.3 Å². The van der Waals surface area contributed by atoms with Gasteiger partial charge in [-0.05, 0) is 30.5 Å². The molecule has 0 aliphatic rings. The van der Waals surface area contributed by atoms with Gasteiger partial charge in [0.1, 0.15) is 12.4 Å². The minimum atomic E-state index is -4.19. The lowest BCUT2D eigenvalue weighted by molar-refractivity contribution is 0.334. The SMILES string of the molecule is CCCCc1ccc(OCCS(=O)(=O)[O-])cc1. The summed E-state index contributed by atoms with van der Waals surface area (Å²) in [6.45, 7) is 2.04. The van der Waals surface area contributed by atoms with E-state index in [2.05, 4.69) is 6.92 Å². The molecule has 0 aliphatic carbocycles. The van der Waals surface area contributed by atoms with Crippen molar-refractivity contribution in [3.63, 3.8) is 0 Å². The molecule has 0 saturated heterocycles. The zero-order valence-electron chi connectivity index (χ0n) is 9.89. The molecule has 0 aromatic heterocycles. The maximum absolute atomic E-state index is 10.4. The Morgan fingerprint density at radius 1 is 1.24 bits per heavy atom. The maximum atomic E-state index is 10.4. The predicted octanol–water partition coefficient (Wildman–Crippen LogP) is 1.95. The Morgan fingerprint density at radius 3 is 2.41 bits per heavy atom. The van der Waals surface area contributed by atoms with Crippen LogP contribution in [-0.2, 0) is 16.5 Å². The number of benzene rings is 1. The van der Waals surface area contributed by atoms with Crippen LogP contribution < -0.4 is 4.74 Å². The van der Waals surface area contributed by atoms with Gasteiger partial charge in [-0.1, -0.05) is 25.5 Å². The minimum Gasteiger partial charge on any atom is -0.748 e. The van der Waals surface area contributed by atoms with Gasteiger partial charge in [-0.3, -0.25) is 0 Å². The molecule has 0 spiro atoms. The smallest absolute Gasteiger partial charge is 0.119 e. The molecule has 1 aromatic carbocycles. The van der Waals surface area contributed by atoms with E-state index in [1.807, 2.05) is 12.1 Å². The Balaban J connectivity index is 2.40. The van der Waals surface area contributed by atoms with Crippen LogP contribution in [0.4, 0.5) is 0 Å². The summed E-state index contributed by atoms with van der Waals surface area (Å²) in [6.07, 6.45) is 3.33. The highest BCUT2D eigenvalue weighted by Crippen LogP contribution is 2.13. The van der Waals surface area contributed by atoms with Crippen LogP contribution >= 0.6 is 0 Å². The highest BCUT2D eigenvalue weighted by atomic mass is 32.2. The fourth-order valence-electron chi connectivity index (χ4n) is 1.39. The van der Waals surface area contributed by atoms with Crippen molar-refractivity contribution in [1.29, 1.82) is 0 Å². The Morgan fingerprint density at radius 2 is 1.88 bits per heavy atom. The molecule has 0 heterocycles. The molecule has 0 N–H and O–H groups in total. The lowest BCUT2D eigenvalue weighted by Crippen LogP contribution is -2.12. The molecule has 17 heavy (non-hydrogen) atoms. The summed E-state index contributed by atoms with van der Waals surface area (Å²) in [6, 6.07) is 7.50. The van der Waals surface area contributed by atoms with E-state index in [0.29, 0.717) is 5.75 Å². The maximum Gasteiger partial charge on any atom is 0.119 e. The Labute approximate surface area is 102 Å². The third-order valence-corrected chi connectivity index (χ3v) is 3.01. The number of ether oxygens (including phenoxy) is 1. The zero-order chi connectivity index (χ0) is 12.7. The molecule has 0 atom stereocenters. The molecule has 0 saturated carbocycles. The molecule has 0 amide bonds. The van der Waals surface area contributed by atoms with Gasteiger partial charge in [0, 0.05) is 0 Å². The van der Waals surface area contributed by atoms with Crippen LogP contribution in [0.3, 0.4) is 0 Å². The summed E-state index contributed by atoms with van der Waals surface area (Å²) < 4.78 is 36.2. The van der Waals surface area contributed by atoms with Crippen LogP contribution in [0.15, 0.2) is 24.3 Å². The number of aryl methyl sites for hydroxylation is 1. The predicted molar refractivity (Wildman–Crippen MR) is 65.1 cm³/mol. The van der Waals surface area contributed by atoms with Crippen molar-refractivity contribution in [1.82, 2.24) is 0 Å². The van der Waals surface area contributed by atoms with Gasteiger partial charge in [-0.15, -0.1) is 0 Å². The van der Waals surface area contributed by atoms with Crippen LogP contribution in [0.1, 0.15) is 25.3 Å². The van der Waals surface area contributed by atoms with E-state index in [1.54, 1.807) is 12.1 Å². The van der Waals surface area contributed by atoms with Gasteiger partial charge in [0.25, 0.3) is 0 Å². The average molecular weight is 257 g/mol. The molecular weight excluding hydrogens is 240 g/mol. The molecule has 0 fully saturated rings. The number of unbranched alkanes of at least 4 members (excludes halogenated alkanes) is 1.